The molecule has 0 N–H and O–H groups in total. The second kappa shape index (κ2) is 7.61. The van der Waals surface area contributed by atoms with Crippen molar-refractivity contribution >= 4 is 5.69 Å². The van der Waals surface area contributed by atoms with Crippen LogP contribution in [0.4, 0.5) is 5.69 Å². The average Bonchev–Trinajstić information content (AvgIpc) is 2.39. The van der Waals surface area contributed by atoms with Crippen molar-refractivity contribution in [2.24, 2.45) is 0 Å². The van der Waals surface area contributed by atoms with Crippen molar-refractivity contribution in [3.63, 3.8) is 0 Å². The molecule has 1 aromatic rings. The molecular weight excluding hydrogens is 212 g/mol. The minimum atomic E-state index is 0.236. The Labute approximate surface area is 103 Å². The maximum absolute atomic E-state index is 8.66. The number of aromatic nitrogens is 2. The quantitative estimate of drug-likeness (QED) is 0.725. The summed E-state index contributed by atoms with van der Waals surface area (Å²) in [4.78, 5) is 10.3. The Kier molecular flexibility index (Phi) is 6.02. The summed E-state index contributed by atoms with van der Waals surface area (Å²) in [6, 6.07) is 1.94. The van der Waals surface area contributed by atoms with Crippen LogP contribution in [0.2, 0.25) is 0 Å². The summed E-state index contributed by atoms with van der Waals surface area (Å²) >= 11 is 0. The number of anilines is 1. The van der Waals surface area contributed by atoms with Gasteiger partial charge >= 0.3 is 0 Å². The van der Waals surface area contributed by atoms with Crippen LogP contribution in [0.25, 0.3) is 0 Å². The maximum Gasteiger partial charge on any atom is 0.232 e. The van der Waals surface area contributed by atoms with Crippen molar-refractivity contribution in [3.05, 3.63) is 18.2 Å². The molecule has 0 atom stereocenters. The Morgan fingerprint density at radius 2 is 1.65 bits per heavy atom. The third-order valence-corrected chi connectivity index (χ3v) is 2.67. The van der Waals surface area contributed by atoms with Crippen LogP contribution in [-0.2, 0) is 0 Å². The molecule has 4 heteroatoms. The van der Waals surface area contributed by atoms with Gasteiger partial charge in [-0.05, 0) is 12.8 Å². The van der Waals surface area contributed by atoms with Gasteiger partial charge in [0.1, 0.15) is 6.07 Å². The highest BCUT2D eigenvalue weighted by molar-refractivity contribution is 5.42. The van der Waals surface area contributed by atoms with E-state index in [0.717, 1.165) is 18.8 Å². The first-order valence-corrected chi connectivity index (χ1v) is 6.28. The third-order valence-electron chi connectivity index (χ3n) is 2.67. The third kappa shape index (κ3) is 4.39. The molecule has 0 radical (unpaired) electrons. The van der Waals surface area contributed by atoms with Crippen LogP contribution in [0.15, 0.2) is 12.4 Å². The molecule has 4 nitrogen and oxygen atoms in total. The SMILES string of the molecule is CCCCN(CCCC)c1cnc(C#N)nc1. The Morgan fingerprint density at radius 1 is 1.12 bits per heavy atom. The van der Waals surface area contributed by atoms with E-state index in [2.05, 4.69) is 28.7 Å². The van der Waals surface area contributed by atoms with Crippen LogP contribution in [0, 0.1) is 11.3 Å². The van der Waals surface area contributed by atoms with Crippen molar-refractivity contribution in [3.8, 4) is 6.07 Å². The van der Waals surface area contributed by atoms with Crippen LogP contribution >= 0.6 is 0 Å². The second-order valence-electron chi connectivity index (χ2n) is 4.07. The van der Waals surface area contributed by atoms with Gasteiger partial charge in [-0.3, -0.25) is 0 Å². The van der Waals surface area contributed by atoms with Crippen molar-refractivity contribution in [2.75, 3.05) is 18.0 Å². The van der Waals surface area contributed by atoms with E-state index < -0.39 is 0 Å². The molecule has 17 heavy (non-hydrogen) atoms. The molecule has 0 aliphatic carbocycles. The number of rotatable bonds is 7. The number of nitriles is 1. The molecule has 0 saturated carbocycles. The van der Waals surface area contributed by atoms with Gasteiger partial charge in [-0.1, -0.05) is 26.7 Å². The molecule has 0 unspecified atom stereocenters. The number of hydrogen-bond acceptors (Lipinski definition) is 4. The summed E-state index contributed by atoms with van der Waals surface area (Å²) in [6.45, 7) is 6.44. The first kappa shape index (κ1) is 13.4. The predicted molar refractivity (Wildman–Crippen MR) is 68.8 cm³/mol. The van der Waals surface area contributed by atoms with Crippen molar-refractivity contribution in [1.82, 2.24) is 9.97 Å². The number of nitrogens with zero attached hydrogens (tertiary/aromatic N) is 4. The van der Waals surface area contributed by atoms with Crippen molar-refractivity contribution in [1.29, 1.82) is 5.26 Å². The van der Waals surface area contributed by atoms with Gasteiger partial charge in [-0.2, -0.15) is 5.26 Å². The molecule has 0 bridgehead atoms. The zero-order chi connectivity index (χ0) is 12.5. The van der Waals surface area contributed by atoms with E-state index in [1.165, 1.54) is 25.7 Å². The fraction of sp³-hybridized carbons (Fsp3) is 0.615. The predicted octanol–water partition coefficient (Wildman–Crippen LogP) is 2.75. The Bertz CT molecular complexity index is 345. The molecular formula is C13H20N4. The van der Waals surface area contributed by atoms with Gasteiger partial charge in [-0.25, -0.2) is 9.97 Å². The first-order chi connectivity index (χ1) is 8.31. The smallest absolute Gasteiger partial charge is 0.232 e. The van der Waals surface area contributed by atoms with Crippen LogP contribution in [0.3, 0.4) is 0 Å². The minimum Gasteiger partial charge on any atom is -0.369 e. The molecule has 0 aliphatic rings. The molecule has 0 aromatic carbocycles. The minimum absolute atomic E-state index is 0.236. The summed E-state index contributed by atoms with van der Waals surface area (Å²) in [6.07, 6.45) is 8.20. The fourth-order valence-electron chi connectivity index (χ4n) is 1.61. The largest absolute Gasteiger partial charge is 0.369 e. The molecule has 0 amide bonds. The van der Waals surface area contributed by atoms with Crippen LogP contribution in [0.1, 0.15) is 45.4 Å². The number of hydrogen-bond donors (Lipinski definition) is 0. The van der Waals surface area contributed by atoms with E-state index in [1.54, 1.807) is 12.4 Å². The molecule has 0 saturated heterocycles. The molecule has 1 aromatic heterocycles. The summed E-state index contributed by atoms with van der Waals surface area (Å²) < 4.78 is 0. The summed E-state index contributed by atoms with van der Waals surface area (Å²) in [5.74, 6) is 0.236. The maximum atomic E-state index is 8.66. The molecule has 1 heterocycles. The Hall–Kier alpha value is -1.63. The highest BCUT2D eigenvalue weighted by atomic mass is 15.1. The zero-order valence-electron chi connectivity index (χ0n) is 10.7. The van der Waals surface area contributed by atoms with Crippen LogP contribution in [0.5, 0.6) is 0 Å². The highest BCUT2D eigenvalue weighted by Crippen LogP contribution is 2.13. The molecule has 0 fully saturated rings. The van der Waals surface area contributed by atoms with E-state index in [4.69, 9.17) is 5.26 Å². The summed E-state index contributed by atoms with van der Waals surface area (Å²) in [5.41, 5.74) is 1.02. The Balaban J connectivity index is 2.69. The average molecular weight is 232 g/mol. The van der Waals surface area contributed by atoms with E-state index >= 15 is 0 Å². The molecule has 0 aliphatic heterocycles. The van der Waals surface area contributed by atoms with Gasteiger partial charge in [0.2, 0.25) is 5.82 Å². The summed E-state index contributed by atoms with van der Waals surface area (Å²) in [5, 5.41) is 8.66. The monoisotopic (exact) mass is 232 g/mol. The van der Waals surface area contributed by atoms with E-state index in [0.29, 0.717) is 0 Å². The van der Waals surface area contributed by atoms with Crippen molar-refractivity contribution < 1.29 is 0 Å². The topological polar surface area (TPSA) is 52.8 Å². The van der Waals surface area contributed by atoms with E-state index in [9.17, 15) is 0 Å². The lowest BCUT2D eigenvalue weighted by Crippen LogP contribution is -2.25. The zero-order valence-corrected chi connectivity index (χ0v) is 10.7. The Morgan fingerprint density at radius 3 is 2.06 bits per heavy atom. The van der Waals surface area contributed by atoms with Gasteiger partial charge in [0.25, 0.3) is 0 Å². The second-order valence-corrected chi connectivity index (χ2v) is 4.07. The van der Waals surface area contributed by atoms with Crippen molar-refractivity contribution in [2.45, 2.75) is 39.5 Å². The molecule has 92 valence electrons. The van der Waals surface area contributed by atoms with Gasteiger partial charge < -0.3 is 4.90 Å². The molecule has 0 spiro atoms. The van der Waals surface area contributed by atoms with Gasteiger partial charge in [-0.15, -0.1) is 0 Å². The normalized spacial score (nSPS) is 9.94. The van der Waals surface area contributed by atoms with Crippen LogP contribution in [-0.4, -0.2) is 23.1 Å². The lowest BCUT2D eigenvalue weighted by atomic mass is 10.2. The lowest BCUT2D eigenvalue weighted by Gasteiger charge is -2.23. The van der Waals surface area contributed by atoms with Gasteiger partial charge in [0.15, 0.2) is 0 Å². The van der Waals surface area contributed by atoms with E-state index in [-0.39, 0.29) is 5.82 Å². The molecule has 1 rings (SSSR count). The van der Waals surface area contributed by atoms with Gasteiger partial charge in [0.05, 0.1) is 18.1 Å². The highest BCUT2D eigenvalue weighted by Gasteiger charge is 2.06. The number of unbranched alkanes of at least 4 members (excludes halogenated alkanes) is 2. The first-order valence-electron chi connectivity index (χ1n) is 6.28. The standard InChI is InChI=1S/C13H20N4/c1-3-5-7-17(8-6-4-2)12-10-15-13(9-14)16-11-12/h10-11H,3-8H2,1-2H3. The van der Waals surface area contributed by atoms with Gasteiger partial charge in [0, 0.05) is 13.1 Å². The summed E-state index contributed by atoms with van der Waals surface area (Å²) in [7, 11) is 0. The lowest BCUT2D eigenvalue weighted by molar-refractivity contribution is 0.675. The van der Waals surface area contributed by atoms with Crippen LogP contribution < -0.4 is 4.90 Å². The fourth-order valence-corrected chi connectivity index (χ4v) is 1.61. The van der Waals surface area contributed by atoms with E-state index in [1.807, 2.05) is 6.07 Å².